The molecule has 2 saturated heterocycles. The van der Waals surface area contributed by atoms with Crippen molar-refractivity contribution >= 4 is 28.7 Å². The van der Waals surface area contributed by atoms with Gasteiger partial charge in [0.1, 0.15) is 12.6 Å². The van der Waals surface area contributed by atoms with Crippen LogP contribution in [0.25, 0.3) is 16.9 Å². The maximum absolute atomic E-state index is 11.4. The standard InChI is InChI=1S/C24H26N8O2/c1-14(2)30-10-19-8-18(30)11-31(19)17-5-3-4-16(7-17)29-23-24-27-13-28-32(24)20(9-26-23)15-6-21(22(25)33)34-12-15/h3-7,9,12-14,18-19H,8,10-11H2,1-2H3,(H2,25,33)(H,26,29)/t18-,19-/m1/s1. The monoisotopic (exact) mass is 458 g/mol. The van der Waals surface area contributed by atoms with Gasteiger partial charge in [0.2, 0.25) is 0 Å². The molecule has 2 aliphatic heterocycles. The van der Waals surface area contributed by atoms with Crippen molar-refractivity contribution in [3.05, 3.63) is 54.9 Å². The highest BCUT2D eigenvalue weighted by atomic mass is 16.3. The zero-order valence-electron chi connectivity index (χ0n) is 19.0. The lowest BCUT2D eigenvalue weighted by Crippen LogP contribution is -2.48. The number of piperazine rings is 1. The van der Waals surface area contributed by atoms with Gasteiger partial charge in [-0.2, -0.15) is 5.10 Å². The molecule has 3 N–H and O–H groups in total. The molecule has 2 aliphatic rings. The molecule has 2 fully saturated rings. The van der Waals surface area contributed by atoms with Gasteiger partial charge in [-0.1, -0.05) is 6.07 Å². The maximum atomic E-state index is 11.4. The van der Waals surface area contributed by atoms with Crippen LogP contribution in [0, 0.1) is 0 Å². The van der Waals surface area contributed by atoms with E-state index in [0.717, 1.165) is 18.8 Å². The summed E-state index contributed by atoms with van der Waals surface area (Å²) in [4.78, 5) is 25.5. The number of fused-ring (bicyclic) bond motifs is 3. The Labute approximate surface area is 196 Å². The third-order valence-corrected chi connectivity index (χ3v) is 6.83. The molecule has 6 rings (SSSR count). The Morgan fingerprint density at radius 1 is 1.21 bits per heavy atom. The second-order valence-corrected chi connectivity index (χ2v) is 9.21. The zero-order valence-corrected chi connectivity index (χ0v) is 19.0. The summed E-state index contributed by atoms with van der Waals surface area (Å²) in [6, 6.07) is 11.8. The summed E-state index contributed by atoms with van der Waals surface area (Å²) in [6.45, 7) is 6.74. The van der Waals surface area contributed by atoms with E-state index in [9.17, 15) is 4.79 Å². The second kappa shape index (κ2) is 7.84. The van der Waals surface area contributed by atoms with Crippen LogP contribution in [0.15, 0.2) is 53.5 Å². The number of nitrogens with one attached hydrogen (secondary N) is 1. The molecule has 3 aromatic heterocycles. The number of aromatic nitrogens is 4. The predicted octanol–water partition coefficient (Wildman–Crippen LogP) is 2.90. The molecule has 0 saturated carbocycles. The van der Waals surface area contributed by atoms with E-state index in [1.165, 1.54) is 24.7 Å². The van der Waals surface area contributed by atoms with Gasteiger partial charge in [-0.15, -0.1) is 0 Å². The summed E-state index contributed by atoms with van der Waals surface area (Å²) in [6.07, 6.45) is 5.83. The van der Waals surface area contributed by atoms with Gasteiger partial charge in [-0.3, -0.25) is 9.69 Å². The summed E-state index contributed by atoms with van der Waals surface area (Å²) in [5.74, 6) is 0.0377. The van der Waals surface area contributed by atoms with E-state index in [2.05, 4.69) is 62.2 Å². The van der Waals surface area contributed by atoms with Crippen LogP contribution in [0.1, 0.15) is 30.8 Å². The molecule has 0 unspecified atom stereocenters. The number of nitrogens with two attached hydrogens (primary N) is 1. The molecule has 0 spiro atoms. The van der Waals surface area contributed by atoms with Gasteiger partial charge in [0.05, 0.1) is 11.9 Å². The molecule has 1 amide bonds. The Morgan fingerprint density at radius 3 is 2.82 bits per heavy atom. The topological polar surface area (TPSA) is 118 Å². The van der Waals surface area contributed by atoms with Gasteiger partial charge in [0.15, 0.2) is 17.2 Å². The average Bonchev–Trinajstić information content (AvgIpc) is 3.62. The SMILES string of the molecule is CC(C)N1C[C@H]2C[C@@H]1CN2c1cccc(Nc2ncc(-c3coc(C(N)=O)c3)n3ncnc23)c1. The normalized spacial score (nSPS) is 20.0. The van der Waals surface area contributed by atoms with Crippen LogP contribution in [0.5, 0.6) is 0 Å². The van der Waals surface area contributed by atoms with Gasteiger partial charge in [-0.05, 0) is 44.5 Å². The first-order chi connectivity index (χ1) is 16.5. The van der Waals surface area contributed by atoms with E-state index in [4.69, 9.17) is 10.2 Å². The van der Waals surface area contributed by atoms with Gasteiger partial charge in [0, 0.05) is 48.2 Å². The van der Waals surface area contributed by atoms with Crippen molar-refractivity contribution in [3.63, 3.8) is 0 Å². The minimum Gasteiger partial charge on any atom is -0.458 e. The minimum atomic E-state index is -0.629. The lowest BCUT2D eigenvalue weighted by molar-refractivity contribution is 0.0974. The lowest BCUT2D eigenvalue weighted by atomic mass is 10.2. The Balaban J connectivity index is 1.26. The van der Waals surface area contributed by atoms with Crippen molar-refractivity contribution in [2.45, 2.75) is 38.4 Å². The third kappa shape index (κ3) is 3.38. The number of hydrogen-bond donors (Lipinski definition) is 2. The van der Waals surface area contributed by atoms with Crippen LogP contribution in [0.4, 0.5) is 17.2 Å². The van der Waals surface area contributed by atoms with E-state index in [0.29, 0.717) is 40.8 Å². The van der Waals surface area contributed by atoms with Crippen LogP contribution in [-0.4, -0.2) is 61.6 Å². The highest BCUT2D eigenvalue weighted by molar-refractivity contribution is 5.91. The number of carbonyl (C=O) groups is 1. The fourth-order valence-electron chi connectivity index (χ4n) is 5.25. The molecule has 0 radical (unpaired) electrons. The molecular weight excluding hydrogens is 432 g/mol. The molecule has 4 aromatic rings. The lowest BCUT2D eigenvalue weighted by Gasteiger charge is -2.37. The van der Waals surface area contributed by atoms with Crippen molar-refractivity contribution in [3.8, 4) is 11.3 Å². The number of benzene rings is 1. The molecule has 2 bridgehead atoms. The molecule has 10 nitrogen and oxygen atoms in total. The van der Waals surface area contributed by atoms with E-state index in [-0.39, 0.29) is 5.76 Å². The molecule has 174 valence electrons. The quantitative estimate of drug-likeness (QED) is 0.453. The number of furan rings is 1. The summed E-state index contributed by atoms with van der Waals surface area (Å²) >= 11 is 0. The Kier molecular flexibility index (Phi) is 4.77. The summed E-state index contributed by atoms with van der Waals surface area (Å²) in [7, 11) is 0. The van der Waals surface area contributed by atoms with Crippen molar-refractivity contribution < 1.29 is 9.21 Å². The van der Waals surface area contributed by atoms with Crippen molar-refractivity contribution in [2.24, 2.45) is 5.73 Å². The number of nitrogens with zero attached hydrogens (tertiary/aromatic N) is 6. The number of anilines is 3. The predicted molar refractivity (Wildman–Crippen MR) is 128 cm³/mol. The smallest absolute Gasteiger partial charge is 0.284 e. The third-order valence-electron chi connectivity index (χ3n) is 6.83. The number of amides is 1. The highest BCUT2D eigenvalue weighted by Crippen LogP contribution is 2.36. The largest absolute Gasteiger partial charge is 0.458 e. The molecule has 2 atom stereocenters. The Bertz CT molecular complexity index is 1380. The van der Waals surface area contributed by atoms with Crippen LogP contribution in [0.3, 0.4) is 0 Å². The molecule has 5 heterocycles. The van der Waals surface area contributed by atoms with Crippen LogP contribution in [-0.2, 0) is 0 Å². The minimum absolute atomic E-state index is 0.0782. The first kappa shape index (κ1) is 20.7. The van der Waals surface area contributed by atoms with E-state index in [1.807, 2.05) is 6.07 Å². The number of likely N-dealkylation sites (tertiary alicyclic amines) is 1. The molecule has 34 heavy (non-hydrogen) atoms. The number of carbonyl (C=O) groups excluding carboxylic acids is 1. The number of hydrogen-bond acceptors (Lipinski definition) is 8. The van der Waals surface area contributed by atoms with E-state index in [1.54, 1.807) is 16.8 Å². The highest BCUT2D eigenvalue weighted by Gasteiger charge is 2.44. The Hall–Kier alpha value is -3.92. The van der Waals surface area contributed by atoms with Gasteiger partial charge in [-0.25, -0.2) is 14.5 Å². The summed E-state index contributed by atoms with van der Waals surface area (Å²) < 4.78 is 6.91. The van der Waals surface area contributed by atoms with Gasteiger partial charge < -0.3 is 20.4 Å². The van der Waals surface area contributed by atoms with Crippen molar-refractivity contribution in [1.82, 2.24) is 24.5 Å². The first-order valence-corrected chi connectivity index (χ1v) is 11.4. The number of rotatable bonds is 6. The fourth-order valence-corrected chi connectivity index (χ4v) is 5.25. The van der Waals surface area contributed by atoms with Gasteiger partial charge >= 0.3 is 0 Å². The molecule has 1 aromatic carbocycles. The summed E-state index contributed by atoms with van der Waals surface area (Å²) in [5.41, 5.74) is 9.31. The fraction of sp³-hybridized carbons (Fsp3) is 0.333. The van der Waals surface area contributed by atoms with Crippen molar-refractivity contribution in [1.29, 1.82) is 0 Å². The van der Waals surface area contributed by atoms with Crippen molar-refractivity contribution in [2.75, 3.05) is 23.3 Å². The molecule has 0 aliphatic carbocycles. The Morgan fingerprint density at radius 2 is 2.09 bits per heavy atom. The maximum Gasteiger partial charge on any atom is 0.284 e. The molecule has 10 heteroatoms. The number of primary amides is 1. The van der Waals surface area contributed by atoms with Crippen LogP contribution < -0.4 is 16.0 Å². The van der Waals surface area contributed by atoms with E-state index >= 15 is 0 Å². The summed E-state index contributed by atoms with van der Waals surface area (Å²) in [5, 5.41) is 7.73. The van der Waals surface area contributed by atoms with E-state index < -0.39 is 5.91 Å². The van der Waals surface area contributed by atoms with Crippen LogP contribution >= 0.6 is 0 Å². The second-order valence-electron chi connectivity index (χ2n) is 9.21. The average molecular weight is 459 g/mol. The van der Waals surface area contributed by atoms with Crippen LogP contribution in [0.2, 0.25) is 0 Å². The molecular formula is C24H26N8O2. The van der Waals surface area contributed by atoms with Gasteiger partial charge in [0.25, 0.3) is 5.91 Å². The zero-order chi connectivity index (χ0) is 23.4. The first-order valence-electron chi connectivity index (χ1n) is 11.4.